The first-order valence-corrected chi connectivity index (χ1v) is 3.01. The van der Waals surface area contributed by atoms with E-state index in [0.29, 0.717) is 12.3 Å². The van der Waals surface area contributed by atoms with Gasteiger partial charge in [-0.2, -0.15) is 5.10 Å². The summed E-state index contributed by atoms with van der Waals surface area (Å²) in [4.78, 5) is 10.8. The van der Waals surface area contributed by atoms with E-state index in [0.717, 1.165) is 0 Å². The van der Waals surface area contributed by atoms with Gasteiger partial charge in [-0.1, -0.05) is 0 Å². The lowest BCUT2D eigenvalue weighted by Gasteiger charge is -1.95. The number of rotatable bonds is 2. The zero-order chi connectivity index (χ0) is 7.40. The lowest BCUT2D eigenvalue weighted by atomic mass is 10.4. The highest BCUT2D eigenvalue weighted by Gasteiger charge is 2.05. The molecule has 1 aromatic rings. The van der Waals surface area contributed by atoms with Gasteiger partial charge >= 0.3 is 5.97 Å². The molecule has 0 fully saturated rings. The predicted molar refractivity (Wildman–Crippen MR) is 41.8 cm³/mol. The molecule has 1 heterocycles. The minimum atomic E-state index is -0.361. The van der Waals surface area contributed by atoms with E-state index >= 15 is 0 Å². The molecule has 0 bridgehead atoms. The number of carbonyl (C=O) groups is 1. The second kappa shape index (κ2) is 4.73. The van der Waals surface area contributed by atoms with E-state index in [1.807, 2.05) is 0 Å². The number of hydrogen-bond donors (Lipinski definition) is 1. The Balaban J connectivity index is 0.000001000. The third-order valence-corrected chi connectivity index (χ3v) is 0.996. The Morgan fingerprint density at radius 3 is 3.00 bits per heavy atom. The smallest absolute Gasteiger partial charge is 0.356 e. The summed E-state index contributed by atoms with van der Waals surface area (Å²) in [6, 6.07) is 1.57. The topological polar surface area (TPSA) is 55.0 Å². The number of carbonyl (C=O) groups excluding carboxylic acids is 1. The molecule has 1 rings (SSSR count). The maximum absolute atomic E-state index is 10.8. The Labute approximate surface area is 70.4 Å². The molecular formula is C6H9ClN2O2. The fraction of sp³-hybridized carbons (Fsp3) is 0.333. The Morgan fingerprint density at radius 1 is 1.82 bits per heavy atom. The fourth-order valence-corrected chi connectivity index (χ4v) is 0.578. The molecule has 5 heteroatoms. The molecule has 1 aromatic heterocycles. The predicted octanol–water partition coefficient (Wildman–Crippen LogP) is 1.01. The molecule has 0 spiro atoms. The number of H-pyrrole nitrogens is 1. The van der Waals surface area contributed by atoms with Crippen molar-refractivity contribution in [2.24, 2.45) is 0 Å². The molecule has 1 N–H and O–H groups in total. The van der Waals surface area contributed by atoms with E-state index in [-0.39, 0.29) is 18.4 Å². The van der Waals surface area contributed by atoms with Crippen LogP contribution in [0.3, 0.4) is 0 Å². The highest BCUT2D eigenvalue weighted by molar-refractivity contribution is 5.86. The molecule has 0 saturated carbocycles. The average molecular weight is 177 g/mol. The number of ether oxygens (including phenoxy) is 1. The van der Waals surface area contributed by atoms with Crippen molar-refractivity contribution in [2.45, 2.75) is 6.92 Å². The highest BCUT2D eigenvalue weighted by atomic mass is 35.5. The molecule has 0 amide bonds. The standard InChI is InChI=1S/C6H8N2O2.ClH/c1-2-10-6(9)5-3-4-7-8-5;/h3-4H,2H2,1H3,(H,7,8);1H. The molecule has 4 nitrogen and oxygen atoms in total. The molecule has 0 aliphatic rings. The van der Waals surface area contributed by atoms with Gasteiger partial charge in [-0.25, -0.2) is 4.79 Å². The van der Waals surface area contributed by atoms with Crippen LogP contribution in [0.4, 0.5) is 0 Å². The number of nitrogens with zero attached hydrogens (tertiary/aromatic N) is 1. The van der Waals surface area contributed by atoms with Crippen LogP contribution in [0.25, 0.3) is 0 Å². The molecule has 0 aliphatic carbocycles. The molecule has 0 aromatic carbocycles. The molecule has 0 aliphatic heterocycles. The molecule has 62 valence electrons. The summed E-state index contributed by atoms with van der Waals surface area (Å²) in [6.45, 7) is 2.14. The SMILES string of the molecule is CCOC(=O)c1ccn[nH]1.Cl. The first-order chi connectivity index (χ1) is 4.84. The Hall–Kier alpha value is -1.03. The van der Waals surface area contributed by atoms with Crippen molar-refractivity contribution in [3.05, 3.63) is 18.0 Å². The quantitative estimate of drug-likeness (QED) is 0.685. The van der Waals surface area contributed by atoms with Crippen LogP contribution >= 0.6 is 12.4 Å². The molecule has 0 atom stereocenters. The number of aromatic amines is 1. The van der Waals surface area contributed by atoms with Crippen LogP contribution in [-0.2, 0) is 4.74 Å². The van der Waals surface area contributed by atoms with Crippen LogP contribution in [-0.4, -0.2) is 22.8 Å². The number of hydrogen-bond acceptors (Lipinski definition) is 3. The van der Waals surface area contributed by atoms with Crippen LogP contribution in [0.1, 0.15) is 17.4 Å². The van der Waals surface area contributed by atoms with Crippen molar-refractivity contribution in [2.75, 3.05) is 6.61 Å². The number of halogens is 1. The van der Waals surface area contributed by atoms with E-state index < -0.39 is 0 Å². The summed E-state index contributed by atoms with van der Waals surface area (Å²) in [5.41, 5.74) is 0.391. The zero-order valence-electron chi connectivity index (χ0n) is 6.03. The summed E-state index contributed by atoms with van der Waals surface area (Å²) in [7, 11) is 0. The molecular weight excluding hydrogens is 168 g/mol. The van der Waals surface area contributed by atoms with Crippen molar-refractivity contribution < 1.29 is 9.53 Å². The van der Waals surface area contributed by atoms with Gasteiger partial charge in [0.15, 0.2) is 0 Å². The summed E-state index contributed by atoms with van der Waals surface area (Å²) in [6.07, 6.45) is 1.51. The van der Waals surface area contributed by atoms with E-state index in [1.54, 1.807) is 13.0 Å². The minimum absolute atomic E-state index is 0. The van der Waals surface area contributed by atoms with Gasteiger partial charge < -0.3 is 4.74 Å². The molecule has 0 radical (unpaired) electrons. The summed E-state index contributed by atoms with van der Waals surface area (Å²) >= 11 is 0. The maximum atomic E-state index is 10.8. The first-order valence-electron chi connectivity index (χ1n) is 3.01. The Morgan fingerprint density at radius 2 is 2.55 bits per heavy atom. The van der Waals surface area contributed by atoms with Crippen molar-refractivity contribution in [3.63, 3.8) is 0 Å². The third-order valence-electron chi connectivity index (χ3n) is 0.996. The number of aromatic nitrogens is 2. The normalized spacial score (nSPS) is 8.45. The summed E-state index contributed by atoms with van der Waals surface area (Å²) < 4.78 is 4.68. The van der Waals surface area contributed by atoms with Gasteiger partial charge in [-0.15, -0.1) is 12.4 Å². The van der Waals surface area contributed by atoms with Crippen molar-refractivity contribution in [3.8, 4) is 0 Å². The van der Waals surface area contributed by atoms with E-state index in [1.165, 1.54) is 6.20 Å². The maximum Gasteiger partial charge on any atom is 0.356 e. The van der Waals surface area contributed by atoms with Crippen LogP contribution < -0.4 is 0 Å². The van der Waals surface area contributed by atoms with Gasteiger partial charge in [0, 0.05) is 6.20 Å². The number of esters is 1. The fourth-order valence-electron chi connectivity index (χ4n) is 0.578. The van der Waals surface area contributed by atoms with Crippen molar-refractivity contribution in [1.29, 1.82) is 0 Å². The van der Waals surface area contributed by atoms with Crippen LogP contribution in [0.2, 0.25) is 0 Å². The monoisotopic (exact) mass is 176 g/mol. The van der Waals surface area contributed by atoms with E-state index in [9.17, 15) is 4.79 Å². The van der Waals surface area contributed by atoms with Gasteiger partial charge in [-0.3, -0.25) is 5.10 Å². The van der Waals surface area contributed by atoms with E-state index in [2.05, 4.69) is 14.9 Å². The first kappa shape index (κ1) is 9.97. The van der Waals surface area contributed by atoms with Gasteiger partial charge in [0.25, 0.3) is 0 Å². The van der Waals surface area contributed by atoms with Crippen molar-refractivity contribution >= 4 is 18.4 Å². The van der Waals surface area contributed by atoms with Gasteiger partial charge in [0.1, 0.15) is 5.69 Å². The van der Waals surface area contributed by atoms with Gasteiger partial charge in [0.05, 0.1) is 6.61 Å². The Kier molecular flexibility index (Phi) is 4.29. The minimum Gasteiger partial charge on any atom is -0.461 e. The molecule has 11 heavy (non-hydrogen) atoms. The second-order valence-corrected chi connectivity index (χ2v) is 1.69. The lowest BCUT2D eigenvalue weighted by molar-refractivity contribution is 0.0519. The van der Waals surface area contributed by atoms with Gasteiger partial charge in [-0.05, 0) is 13.0 Å². The van der Waals surface area contributed by atoms with Gasteiger partial charge in [0.2, 0.25) is 0 Å². The van der Waals surface area contributed by atoms with Crippen LogP contribution in [0.5, 0.6) is 0 Å². The Bertz CT molecular complexity index is 210. The second-order valence-electron chi connectivity index (χ2n) is 1.69. The average Bonchev–Trinajstić information content (AvgIpc) is 2.38. The largest absolute Gasteiger partial charge is 0.461 e. The third kappa shape index (κ3) is 2.59. The van der Waals surface area contributed by atoms with E-state index in [4.69, 9.17) is 0 Å². The van der Waals surface area contributed by atoms with Crippen LogP contribution in [0, 0.1) is 0 Å². The zero-order valence-corrected chi connectivity index (χ0v) is 6.85. The summed E-state index contributed by atoms with van der Waals surface area (Å²) in [5.74, 6) is -0.361. The molecule has 0 saturated heterocycles. The number of nitrogens with one attached hydrogen (secondary N) is 1. The molecule has 0 unspecified atom stereocenters. The lowest BCUT2D eigenvalue weighted by Crippen LogP contribution is -2.04. The van der Waals surface area contributed by atoms with Crippen molar-refractivity contribution in [1.82, 2.24) is 10.2 Å². The van der Waals surface area contributed by atoms with Crippen LogP contribution in [0.15, 0.2) is 12.3 Å². The highest BCUT2D eigenvalue weighted by Crippen LogP contribution is 1.93. The summed E-state index contributed by atoms with van der Waals surface area (Å²) in [5, 5.41) is 6.10.